The quantitative estimate of drug-likeness (QED) is 0.0695. The van der Waals surface area contributed by atoms with Crippen LogP contribution in [-0.2, 0) is 81.1 Å². The SMILES string of the molecule is CCc1c2c(nc3ccc(OC(=O)CCC(=O)N[C@H](Cc4ccccc4)C(=O)O)cc13)-c1cc3c(c(=O)n1C2)COC(=O)[C@@]3(CC)OC(=O)CCC(=O)N[C@H](Cc1ccccc1)C(=O)O. The van der Waals surface area contributed by atoms with Gasteiger partial charge in [0.05, 0.1) is 41.9 Å². The fraction of sp³-hybridized carbons (Fsp3) is 0.312. The van der Waals surface area contributed by atoms with Gasteiger partial charge < -0.3 is 39.6 Å². The van der Waals surface area contributed by atoms with E-state index in [-0.39, 0.29) is 62.1 Å². The van der Waals surface area contributed by atoms with Crippen LogP contribution in [0.2, 0.25) is 0 Å². The molecule has 0 spiro atoms. The number of rotatable bonds is 18. The number of aromatic nitrogens is 2. The number of carbonyl (C=O) groups excluding carboxylic acids is 5. The molecule has 336 valence electrons. The average Bonchev–Trinajstić information content (AvgIpc) is 3.66. The highest BCUT2D eigenvalue weighted by Gasteiger charge is 2.50. The second kappa shape index (κ2) is 19.4. The number of aliphatic carboxylic acids is 2. The van der Waals surface area contributed by atoms with Crippen molar-refractivity contribution in [2.75, 3.05) is 0 Å². The molecule has 0 unspecified atom stereocenters. The Bertz CT molecular complexity index is 2770. The number of carboxylic acids is 2. The van der Waals surface area contributed by atoms with Gasteiger partial charge in [-0.1, -0.05) is 74.5 Å². The number of nitrogens with one attached hydrogen (secondary N) is 2. The summed E-state index contributed by atoms with van der Waals surface area (Å²) in [5.74, 6) is -6.14. The van der Waals surface area contributed by atoms with Crippen molar-refractivity contribution >= 4 is 52.6 Å². The first-order chi connectivity index (χ1) is 31.2. The maximum Gasteiger partial charge on any atom is 0.355 e. The highest BCUT2D eigenvalue weighted by atomic mass is 16.6. The summed E-state index contributed by atoms with van der Waals surface area (Å²) in [6, 6.07) is 21.6. The van der Waals surface area contributed by atoms with E-state index in [1.165, 1.54) is 10.6 Å². The van der Waals surface area contributed by atoms with E-state index in [9.17, 15) is 48.6 Å². The Morgan fingerprint density at radius 2 is 1.35 bits per heavy atom. The van der Waals surface area contributed by atoms with Gasteiger partial charge in [-0.05, 0) is 53.8 Å². The summed E-state index contributed by atoms with van der Waals surface area (Å²) in [5, 5.41) is 24.9. The van der Waals surface area contributed by atoms with E-state index in [2.05, 4.69) is 10.6 Å². The van der Waals surface area contributed by atoms with E-state index >= 15 is 0 Å². The predicted octanol–water partition coefficient (Wildman–Crippen LogP) is 4.28. The molecule has 2 aliphatic rings. The van der Waals surface area contributed by atoms with Crippen molar-refractivity contribution in [3.63, 3.8) is 0 Å². The first-order valence-corrected chi connectivity index (χ1v) is 21.2. The Morgan fingerprint density at radius 1 is 0.769 bits per heavy atom. The van der Waals surface area contributed by atoms with Gasteiger partial charge in [0.2, 0.25) is 17.4 Å². The number of aryl methyl sites for hydroxylation is 1. The minimum Gasteiger partial charge on any atom is -0.480 e. The number of hydrogen-bond donors (Lipinski definition) is 4. The number of benzene rings is 3. The minimum atomic E-state index is -2.03. The Labute approximate surface area is 371 Å². The molecule has 0 saturated heterocycles. The molecule has 17 nitrogen and oxygen atoms in total. The van der Waals surface area contributed by atoms with Crippen LogP contribution in [0.4, 0.5) is 0 Å². The molecule has 0 fully saturated rings. The molecular formula is C48H46N4O13. The summed E-state index contributed by atoms with van der Waals surface area (Å²) < 4.78 is 18.4. The first kappa shape index (κ1) is 45.3. The van der Waals surface area contributed by atoms with Crippen LogP contribution >= 0.6 is 0 Å². The molecule has 2 aromatic heterocycles. The van der Waals surface area contributed by atoms with Gasteiger partial charge in [-0.25, -0.2) is 19.4 Å². The molecule has 4 N–H and O–H groups in total. The first-order valence-electron chi connectivity index (χ1n) is 21.2. The van der Waals surface area contributed by atoms with Crippen molar-refractivity contribution in [1.29, 1.82) is 0 Å². The zero-order valence-corrected chi connectivity index (χ0v) is 35.6. The van der Waals surface area contributed by atoms with Gasteiger partial charge in [-0.2, -0.15) is 0 Å². The molecule has 7 rings (SSSR count). The van der Waals surface area contributed by atoms with Crippen molar-refractivity contribution in [3.05, 3.63) is 129 Å². The summed E-state index contributed by atoms with van der Waals surface area (Å²) >= 11 is 0. The summed E-state index contributed by atoms with van der Waals surface area (Å²) in [7, 11) is 0. The molecule has 0 saturated carbocycles. The van der Waals surface area contributed by atoms with E-state index in [1.807, 2.05) is 6.92 Å². The van der Waals surface area contributed by atoms with Crippen LogP contribution in [0.15, 0.2) is 89.7 Å². The van der Waals surface area contributed by atoms with Crippen LogP contribution < -0.4 is 20.9 Å². The molecule has 0 bridgehead atoms. The normalized spacial score (nSPS) is 15.6. The predicted molar refractivity (Wildman–Crippen MR) is 231 cm³/mol. The van der Waals surface area contributed by atoms with Gasteiger partial charge in [-0.15, -0.1) is 0 Å². The van der Waals surface area contributed by atoms with Crippen molar-refractivity contribution in [2.45, 2.75) is 96.1 Å². The van der Waals surface area contributed by atoms with Crippen molar-refractivity contribution in [2.24, 2.45) is 0 Å². The van der Waals surface area contributed by atoms with Crippen LogP contribution in [0.5, 0.6) is 5.75 Å². The topological polar surface area (TPSA) is 247 Å². The van der Waals surface area contributed by atoms with Gasteiger partial charge in [-0.3, -0.25) is 24.0 Å². The third-order valence-electron chi connectivity index (χ3n) is 11.6. The van der Waals surface area contributed by atoms with Gasteiger partial charge in [0.1, 0.15) is 24.4 Å². The maximum absolute atomic E-state index is 14.2. The molecule has 65 heavy (non-hydrogen) atoms. The van der Waals surface area contributed by atoms with Gasteiger partial charge in [0.25, 0.3) is 5.56 Å². The van der Waals surface area contributed by atoms with E-state index < -0.39 is 77.7 Å². The number of nitrogens with zero attached hydrogens (tertiary/aromatic N) is 2. The number of pyridine rings is 2. The lowest BCUT2D eigenvalue weighted by molar-refractivity contribution is -0.189. The molecule has 2 amide bonds. The zero-order valence-electron chi connectivity index (χ0n) is 35.6. The van der Waals surface area contributed by atoms with E-state index in [0.29, 0.717) is 39.8 Å². The molecule has 0 aliphatic carbocycles. The van der Waals surface area contributed by atoms with Crippen LogP contribution in [-0.4, -0.2) is 73.5 Å². The molecule has 5 aromatic rings. The number of esters is 3. The smallest absolute Gasteiger partial charge is 0.355 e. The van der Waals surface area contributed by atoms with E-state index in [1.54, 1.807) is 85.8 Å². The molecule has 2 aliphatic heterocycles. The summed E-state index contributed by atoms with van der Waals surface area (Å²) in [5.41, 5.74) is 2.05. The zero-order chi connectivity index (χ0) is 46.4. The number of carbonyl (C=O) groups is 7. The van der Waals surface area contributed by atoms with Crippen LogP contribution in [0.1, 0.15) is 79.3 Å². The molecule has 4 heterocycles. The fourth-order valence-corrected chi connectivity index (χ4v) is 8.26. The van der Waals surface area contributed by atoms with E-state index in [0.717, 1.165) is 11.1 Å². The molecular weight excluding hydrogens is 841 g/mol. The summed E-state index contributed by atoms with van der Waals surface area (Å²) in [6.07, 6.45) is -1.07. The number of carboxylic acid groups (broad SMARTS) is 2. The van der Waals surface area contributed by atoms with E-state index in [4.69, 9.17) is 19.2 Å². The summed E-state index contributed by atoms with van der Waals surface area (Å²) in [4.78, 5) is 108. The second-order valence-corrected chi connectivity index (χ2v) is 15.8. The number of cyclic esters (lactones) is 1. The lowest BCUT2D eigenvalue weighted by Gasteiger charge is -2.35. The highest BCUT2D eigenvalue weighted by Crippen LogP contribution is 2.42. The molecule has 0 radical (unpaired) electrons. The lowest BCUT2D eigenvalue weighted by Crippen LogP contribution is -2.47. The number of ether oxygens (including phenoxy) is 3. The number of amides is 2. The second-order valence-electron chi connectivity index (χ2n) is 15.8. The maximum atomic E-state index is 14.2. The monoisotopic (exact) mass is 886 g/mol. The Hall–Kier alpha value is -7.69. The van der Waals surface area contributed by atoms with Gasteiger partial charge >= 0.3 is 29.8 Å². The lowest BCUT2D eigenvalue weighted by atomic mass is 9.85. The standard InChI is InChI=1S/C48H46N4O13/c1-3-30-31-23-29(64-41(55)19-17-39(53)49-36(45(58)59)21-27-11-7-5-8-12-27)15-16-35(31)51-43-32(30)25-52-38(43)24-34-33(44(52)57)26-63-47(62)48(34,4-2)65-42(56)20-18-40(54)50-37(46(60)61)22-28-13-9-6-10-14-28/h5-16,23-24,36-37H,3-4,17-22,25-26H2,1-2H3,(H,49,53)(H,50,54)(H,58,59)(H,60,61)/t36-,37-,48+/m1/s1. The van der Waals surface area contributed by atoms with Gasteiger partial charge in [0.15, 0.2) is 0 Å². The average molecular weight is 887 g/mol. The highest BCUT2D eigenvalue weighted by molar-refractivity contribution is 5.92. The van der Waals surface area contributed by atoms with Crippen molar-refractivity contribution in [3.8, 4) is 17.1 Å². The molecule has 3 aromatic carbocycles. The fourth-order valence-electron chi connectivity index (χ4n) is 8.26. The summed E-state index contributed by atoms with van der Waals surface area (Å²) in [6.45, 7) is 3.26. The molecule has 17 heteroatoms. The third-order valence-corrected chi connectivity index (χ3v) is 11.6. The van der Waals surface area contributed by atoms with Crippen molar-refractivity contribution < 1.29 is 58.0 Å². The van der Waals surface area contributed by atoms with Crippen molar-refractivity contribution in [1.82, 2.24) is 20.2 Å². The van der Waals surface area contributed by atoms with Crippen LogP contribution in [0.25, 0.3) is 22.3 Å². The largest absolute Gasteiger partial charge is 0.480 e. The number of fused-ring (bicyclic) bond motifs is 5. The Balaban J connectivity index is 1.06. The van der Waals surface area contributed by atoms with Crippen LogP contribution in [0.3, 0.4) is 0 Å². The van der Waals surface area contributed by atoms with Crippen LogP contribution in [0, 0.1) is 0 Å². The third kappa shape index (κ3) is 9.78. The Kier molecular flexibility index (Phi) is 13.5. The van der Waals surface area contributed by atoms with Gasteiger partial charge in [0, 0.05) is 42.2 Å². The molecule has 3 atom stereocenters. The Morgan fingerprint density at radius 3 is 1.91 bits per heavy atom. The number of hydrogen-bond acceptors (Lipinski definition) is 12. The minimum absolute atomic E-state index is 0.0248.